The second-order valence-electron chi connectivity index (χ2n) is 9.53. The molecule has 4 nitrogen and oxygen atoms in total. The molecule has 2 atom stereocenters. The Bertz CT molecular complexity index is 1460. The van der Waals surface area contributed by atoms with Gasteiger partial charge in [0.1, 0.15) is 12.4 Å². The molecule has 0 aromatic heterocycles. The number of ether oxygens (including phenoxy) is 1. The van der Waals surface area contributed by atoms with Gasteiger partial charge in [0, 0.05) is 28.3 Å². The Morgan fingerprint density at radius 1 is 0.784 bits per heavy atom. The van der Waals surface area contributed by atoms with E-state index in [4.69, 9.17) is 16.3 Å². The summed E-state index contributed by atoms with van der Waals surface area (Å²) >= 11 is 6.13. The number of Topliss-reactive ketones (excluding diaryl/α,β-unsaturated/α-hetero) is 1. The van der Waals surface area contributed by atoms with Gasteiger partial charge in [-0.15, -0.1) is 0 Å². The minimum absolute atomic E-state index is 0.0894. The molecule has 0 spiro atoms. The molecule has 1 heterocycles. The van der Waals surface area contributed by atoms with Crippen LogP contribution >= 0.6 is 11.6 Å². The Balaban J connectivity index is 1.40. The number of hydrogen-bond donors (Lipinski definition) is 2. The monoisotopic (exact) mass is 506 g/mol. The molecule has 2 N–H and O–H groups in total. The Hall–Kier alpha value is -4.02. The van der Waals surface area contributed by atoms with E-state index in [0.29, 0.717) is 18.1 Å². The number of fused-ring (bicyclic) bond motifs is 1. The van der Waals surface area contributed by atoms with Gasteiger partial charge < -0.3 is 15.4 Å². The molecule has 0 bridgehead atoms. The Morgan fingerprint density at radius 2 is 1.49 bits per heavy atom. The third-order valence-electron chi connectivity index (χ3n) is 7.12. The van der Waals surface area contributed by atoms with E-state index in [1.54, 1.807) is 0 Å². The van der Waals surface area contributed by atoms with Crippen molar-refractivity contribution in [1.29, 1.82) is 0 Å². The summed E-state index contributed by atoms with van der Waals surface area (Å²) < 4.78 is 6.32. The minimum Gasteiger partial charge on any atom is -0.489 e. The SMILES string of the molecule is O=C1C[C@H](c2ccc(Cl)cc2)CC2=C1[C@@H](c1ccccc1OCc1ccccc1)Nc1ccccc1N2. The van der Waals surface area contributed by atoms with E-state index in [-0.39, 0.29) is 17.7 Å². The van der Waals surface area contributed by atoms with Crippen molar-refractivity contribution in [3.8, 4) is 5.75 Å². The zero-order chi connectivity index (χ0) is 25.2. The van der Waals surface area contributed by atoms with Crippen LogP contribution in [-0.2, 0) is 11.4 Å². The molecule has 5 heteroatoms. The largest absolute Gasteiger partial charge is 0.489 e. The van der Waals surface area contributed by atoms with E-state index >= 15 is 0 Å². The van der Waals surface area contributed by atoms with Gasteiger partial charge in [-0.05, 0) is 53.8 Å². The molecule has 0 amide bonds. The summed E-state index contributed by atoms with van der Waals surface area (Å²) in [5.41, 5.74) is 6.81. The van der Waals surface area contributed by atoms with Crippen LogP contribution < -0.4 is 15.4 Å². The average molecular weight is 507 g/mol. The van der Waals surface area contributed by atoms with Gasteiger partial charge in [-0.3, -0.25) is 4.79 Å². The third kappa shape index (κ3) is 4.85. The average Bonchev–Trinajstić information content (AvgIpc) is 3.10. The highest BCUT2D eigenvalue weighted by Gasteiger charge is 2.37. The molecule has 0 unspecified atom stereocenters. The summed E-state index contributed by atoms with van der Waals surface area (Å²) in [5.74, 6) is 0.992. The smallest absolute Gasteiger partial charge is 0.163 e. The van der Waals surface area contributed by atoms with Gasteiger partial charge in [0.25, 0.3) is 0 Å². The lowest BCUT2D eigenvalue weighted by Crippen LogP contribution is -2.27. The highest BCUT2D eigenvalue weighted by molar-refractivity contribution is 6.30. The summed E-state index contributed by atoms with van der Waals surface area (Å²) in [6, 6.07) is 33.7. The van der Waals surface area contributed by atoms with Gasteiger partial charge >= 0.3 is 0 Å². The van der Waals surface area contributed by atoms with E-state index in [9.17, 15) is 4.79 Å². The lowest BCUT2D eigenvalue weighted by Gasteiger charge is -2.30. The Kier molecular flexibility index (Phi) is 6.42. The maximum Gasteiger partial charge on any atom is 0.163 e. The number of carbonyl (C=O) groups excluding carboxylic acids is 1. The zero-order valence-corrected chi connectivity index (χ0v) is 21.0. The van der Waals surface area contributed by atoms with Crippen LogP contribution in [0.5, 0.6) is 5.75 Å². The zero-order valence-electron chi connectivity index (χ0n) is 20.3. The Morgan fingerprint density at radius 3 is 2.30 bits per heavy atom. The number of halogens is 1. The molecule has 37 heavy (non-hydrogen) atoms. The lowest BCUT2D eigenvalue weighted by atomic mass is 9.78. The van der Waals surface area contributed by atoms with Crippen LogP contribution in [-0.4, -0.2) is 5.78 Å². The second kappa shape index (κ2) is 10.2. The van der Waals surface area contributed by atoms with Crippen LogP contribution in [0, 0.1) is 0 Å². The maximum atomic E-state index is 13.9. The predicted octanol–water partition coefficient (Wildman–Crippen LogP) is 7.90. The third-order valence-corrected chi connectivity index (χ3v) is 7.37. The summed E-state index contributed by atoms with van der Waals surface area (Å²) in [6.07, 6.45) is 1.19. The fourth-order valence-electron chi connectivity index (χ4n) is 5.28. The van der Waals surface area contributed by atoms with E-state index in [1.807, 2.05) is 84.9 Å². The number of anilines is 2. The van der Waals surface area contributed by atoms with Crippen molar-refractivity contribution in [3.63, 3.8) is 0 Å². The fourth-order valence-corrected chi connectivity index (χ4v) is 5.41. The highest BCUT2D eigenvalue weighted by atomic mass is 35.5. The molecule has 6 rings (SSSR count). The van der Waals surface area contributed by atoms with Crippen molar-refractivity contribution in [2.45, 2.75) is 31.4 Å². The summed E-state index contributed by atoms with van der Waals surface area (Å²) in [6.45, 7) is 0.456. The van der Waals surface area contributed by atoms with E-state index in [2.05, 4.69) is 28.8 Å². The van der Waals surface area contributed by atoms with Crippen molar-refractivity contribution >= 4 is 28.8 Å². The fraction of sp³-hybridized carbons (Fsp3) is 0.156. The lowest BCUT2D eigenvalue weighted by molar-refractivity contribution is -0.116. The highest BCUT2D eigenvalue weighted by Crippen LogP contribution is 2.45. The molecular formula is C32H27ClN2O2. The van der Waals surface area contributed by atoms with E-state index < -0.39 is 0 Å². The van der Waals surface area contributed by atoms with Crippen molar-refractivity contribution < 1.29 is 9.53 Å². The van der Waals surface area contributed by atoms with Gasteiger partial charge in [0.2, 0.25) is 0 Å². The molecule has 4 aromatic carbocycles. The van der Waals surface area contributed by atoms with Crippen molar-refractivity contribution in [2.24, 2.45) is 0 Å². The molecular weight excluding hydrogens is 480 g/mol. The predicted molar refractivity (Wildman–Crippen MR) is 149 cm³/mol. The standard InChI is InChI=1S/C32H27ClN2O2/c33-24-16-14-22(15-17-24)23-18-28-31(29(36)19-23)32(35-27-12-6-5-11-26(27)34-28)25-10-4-7-13-30(25)37-20-21-8-2-1-3-9-21/h1-17,23,32,34-35H,18-20H2/t23-,32-/m1/s1. The molecule has 2 aliphatic rings. The van der Waals surface area contributed by atoms with Crippen molar-refractivity contribution in [1.82, 2.24) is 0 Å². The van der Waals surface area contributed by atoms with Crippen LogP contribution in [0.4, 0.5) is 11.4 Å². The number of hydrogen-bond acceptors (Lipinski definition) is 4. The molecule has 0 fully saturated rings. The topological polar surface area (TPSA) is 50.4 Å². The van der Waals surface area contributed by atoms with Crippen LogP contribution in [0.2, 0.25) is 5.02 Å². The first-order valence-electron chi connectivity index (χ1n) is 12.6. The number of nitrogens with one attached hydrogen (secondary N) is 2. The second-order valence-corrected chi connectivity index (χ2v) is 9.97. The molecule has 1 aliphatic heterocycles. The number of carbonyl (C=O) groups is 1. The quantitative estimate of drug-likeness (QED) is 0.289. The molecule has 0 saturated carbocycles. The number of allylic oxidation sites excluding steroid dienone is 1. The number of ketones is 1. The molecule has 4 aromatic rings. The Labute approximate surface area is 221 Å². The molecule has 0 saturated heterocycles. The van der Waals surface area contributed by atoms with Gasteiger partial charge in [0.15, 0.2) is 5.78 Å². The normalized spacial score (nSPS) is 18.7. The van der Waals surface area contributed by atoms with Gasteiger partial charge in [0.05, 0.1) is 17.4 Å². The van der Waals surface area contributed by atoms with E-state index in [0.717, 1.165) is 51.5 Å². The van der Waals surface area contributed by atoms with Crippen LogP contribution in [0.1, 0.15) is 41.5 Å². The van der Waals surface area contributed by atoms with Crippen molar-refractivity contribution in [3.05, 3.63) is 136 Å². The van der Waals surface area contributed by atoms with Gasteiger partial charge in [-0.25, -0.2) is 0 Å². The van der Waals surface area contributed by atoms with Crippen molar-refractivity contribution in [2.75, 3.05) is 10.6 Å². The van der Waals surface area contributed by atoms with Gasteiger partial charge in [-0.1, -0.05) is 84.4 Å². The van der Waals surface area contributed by atoms with Crippen LogP contribution in [0.3, 0.4) is 0 Å². The first-order valence-corrected chi connectivity index (χ1v) is 12.9. The number of benzene rings is 4. The minimum atomic E-state index is -0.336. The summed E-state index contributed by atoms with van der Waals surface area (Å²) in [5, 5.41) is 7.97. The number of rotatable bonds is 5. The van der Waals surface area contributed by atoms with Crippen LogP contribution in [0.15, 0.2) is 114 Å². The first-order chi connectivity index (χ1) is 18.2. The van der Waals surface area contributed by atoms with Gasteiger partial charge in [-0.2, -0.15) is 0 Å². The molecule has 184 valence electrons. The molecule has 0 radical (unpaired) electrons. The van der Waals surface area contributed by atoms with Crippen LogP contribution in [0.25, 0.3) is 0 Å². The maximum absolute atomic E-state index is 13.9. The summed E-state index contributed by atoms with van der Waals surface area (Å²) in [4.78, 5) is 13.9. The first kappa shape index (κ1) is 23.4. The molecule has 1 aliphatic carbocycles. The number of para-hydroxylation sites is 3. The summed E-state index contributed by atoms with van der Waals surface area (Å²) in [7, 11) is 0. The van der Waals surface area contributed by atoms with E-state index in [1.165, 1.54) is 0 Å².